The molecule has 0 aliphatic rings. The van der Waals surface area contributed by atoms with Crippen LogP contribution in [0.25, 0.3) is 0 Å². The highest BCUT2D eigenvalue weighted by Crippen LogP contribution is 2.43. The van der Waals surface area contributed by atoms with Crippen LogP contribution in [0.2, 0.25) is 10.0 Å². The van der Waals surface area contributed by atoms with E-state index in [-0.39, 0.29) is 10.3 Å². The van der Waals surface area contributed by atoms with Crippen LogP contribution in [-0.2, 0) is 0 Å². The third-order valence-electron chi connectivity index (χ3n) is 2.69. The number of anilines is 1. The van der Waals surface area contributed by atoms with Gasteiger partial charge < -0.3 is 5.73 Å². The number of benzene rings is 1. The molecule has 0 fully saturated rings. The van der Waals surface area contributed by atoms with Gasteiger partial charge in [0.1, 0.15) is 19.5 Å². The highest BCUT2D eigenvalue weighted by molar-refractivity contribution is 7.99. The van der Waals surface area contributed by atoms with Crippen LogP contribution in [0.5, 0.6) is 0 Å². The summed E-state index contributed by atoms with van der Waals surface area (Å²) in [6.45, 7) is 1.86. The predicted molar refractivity (Wildman–Crippen MR) is 84.7 cm³/mol. The molecule has 1 aromatic heterocycles. The van der Waals surface area contributed by atoms with Crippen LogP contribution in [-0.4, -0.2) is 12.8 Å². The Balaban J connectivity index is 2.35. The van der Waals surface area contributed by atoms with Gasteiger partial charge in [-0.1, -0.05) is 34.7 Å². The van der Waals surface area contributed by atoms with Gasteiger partial charge in [-0.2, -0.15) is 0 Å². The molecule has 0 saturated carbocycles. The predicted octanol–water partition coefficient (Wildman–Crippen LogP) is 3.76. The summed E-state index contributed by atoms with van der Waals surface area (Å²) in [6.07, 6.45) is 1.48. The average molecular weight is 327 g/mol. The Bertz CT molecular complexity index is 655. The van der Waals surface area contributed by atoms with Crippen molar-refractivity contribution in [3.63, 3.8) is 0 Å². The van der Waals surface area contributed by atoms with E-state index in [1.165, 1.54) is 30.1 Å². The number of rotatable bonds is 3. The fraction of sp³-hybridized carbons (Fsp3) is 0.154. The molecule has 7 heteroatoms. The molecular weight excluding hydrogens is 317 g/mol. The first-order chi connectivity index (χ1) is 9.40. The minimum atomic E-state index is -0.503. The molecule has 0 bridgehead atoms. The number of aromatic nitrogens is 1. The number of nitrogens with zero attached hydrogens (tertiary/aromatic N) is 1. The largest absolute Gasteiger partial charge is 0.383 e. The first-order valence-electron chi connectivity index (χ1n) is 5.71. The molecule has 2 rings (SSSR count). The monoisotopic (exact) mass is 326 g/mol. The molecule has 1 atom stereocenters. The smallest absolute Gasteiger partial charge is 0.142 e. The second kappa shape index (κ2) is 6.25. The van der Waals surface area contributed by atoms with Gasteiger partial charge in [0.15, 0.2) is 0 Å². The topological polar surface area (TPSA) is 38.9 Å². The molecule has 102 valence electrons. The Morgan fingerprint density at radius 1 is 1.40 bits per heavy atom. The van der Waals surface area contributed by atoms with Gasteiger partial charge in [-0.25, -0.2) is 9.37 Å². The summed E-state index contributed by atoms with van der Waals surface area (Å²) in [5.74, 6) is -0.142. The molecule has 2 radical (unpaired) electrons. The van der Waals surface area contributed by atoms with Gasteiger partial charge >= 0.3 is 0 Å². The molecule has 2 aromatic rings. The Morgan fingerprint density at radius 2 is 2.10 bits per heavy atom. The third-order valence-corrected chi connectivity index (χ3v) is 4.58. The van der Waals surface area contributed by atoms with E-state index in [2.05, 4.69) is 4.98 Å². The SMILES string of the molecule is [B]c1cnc(N)c(S[C@H](C)c2c(Cl)ccc(F)c2Cl)c1. The molecule has 0 saturated heterocycles. The van der Waals surface area contributed by atoms with Gasteiger partial charge in [0.05, 0.1) is 5.02 Å². The minimum absolute atomic E-state index is 0.0212. The van der Waals surface area contributed by atoms with Crippen molar-refractivity contribution in [1.29, 1.82) is 0 Å². The van der Waals surface area contributed by atoms with E-state index in [0.717, 1.165) is 0 Å². The van der Waals surface area contributed by atoms with E-state index in [4.69, 9.17) is 36.8 Å². The van der Waals surface area contributed by atoms with E-state index in [1.54, 1.807) is 6.07 Å². The summed E-state index contributed by atoms with van der Waals surface area (Å²) in [5, 5.41) is 0.233. The van der Waals surface area contributed by atoms with Crippen LogP contribution < -0.4 is 11.2 Å². The highest BCUT2D eigenvalue weighted by Gasteiger charge is 2.19. The zero-order valence-electron chi connectivity index (χ0n) is 10.5. The summed E-state index contributed by atoms with van der Waals surface area (Å²) >= 11 is 13.5. The van der Waals surface area contributed by atoms with Gasteiger partial charge in [0.2, 0.25) is 0 Å². The second-order valence-electron chi connectivity index (χ2n) is 4.17. The maximum atomic E-state index is 13.5. The second-order valence-corrected chi connectivity index (χ2v) is 6.34. The molecular formula is C13H10BCl2FN2S. The number of thioether (sulfide) groups is 1. The lowest BCUT2D eigenvalue weighted by Gasteiger charge is -2.16. The maximum Gasteiger partial charge on any atom is 0.142 e. The van der Waals surface area contributed by atoms with E-state index in [9.17, 15) is 4.39 Å². The van der Waals surface area contributed by atoms with Crippen LogP contribution in [0.15, 0.2) is 29.3 Å². The van der Waals surface area contributed by atoms with Gasteiger partial charge in [-0.15, -0.1) is 11.8 Å². The van der Waals surface area contributed by atoms with Crippen LogP contribution in [0.3, 0.4) is 0 Å². The molecule has 2 nitrogen and oxygen atoms in total. The standard InChI is InChI=1S/C13H10BCl2FN2S/c1-6(11-8(15)2-3-9(17)12(11)16)20-10-4-7(14)5-19-13(10)18/h2-6H,1H3,(H2,18,19)/t6-/m1/s1. The lowest BCUT2D eigenvalue weighted by atomic mass is 9.99. The summed E-state index contributed by atoms with van der Waals surface area (Å²) in [7, 11) is 5.68. The lowest BCUT2D eigenvalue weighted by Crippen LogP contribution is -2.07. The molecule has 2 N–H and O–H groups in total. The molecule has 20 heavy (non-hydrogen) atoms. The number of hydrogen-bond donors (Lipinski definition) is 1. The summed E-state index contributed by atoms with van der Waals surface area (Å²) in [6, 6.07) is 4.43. The van der Waals surface area contributed by atoms with Crippen molar-refractivity contribution in [2.45, 2.75) is 17.1 Å². The molecule has 1 heterocycles. The van der Waals surface area contributed by atoms with E-state index in [1.807, 2.05) is 6.92 Å². The molecule has 1 aromatic carbocycles. The first kappa shape index (κ1) is 15.5. The van der Waals surface area contributed by atoms with Crippen molar-refractivity contribution in [2.24, 2.45) is 0 Å². The average Bonchev–Trinajstić information content (AvgIpc) is 2.39. The number of pyridine rings is 1. The van der Waals surface area contributed by atoms with Crippen molar-refractivity contribution in [3.05, 3.63) is 45.8 Å². The normalized spacial score (nSPS) is 12.4. The molecule has 0 amide bonds. The summed E-state index contributed by atoms with van der Waals surface area (Å²) in [5.41, 5.74) is 6.83. The van der Waals surface area contributed by atoms with Crippen LogP contribution in [0.4, 0.5) is 10.2 Å². The van der Waals surface area contributed by atoms with E-state index < -0.39 is 5.82 Å². The Kier molecular flexibility index (Phi) is 4.84. The highest BCUT2D eigenvalue weighted by atomic mass is 35.5. The minimum Gasteiger partial charge on any atom is -0.383 e. The molecule has 0 unspecified atom stereocenters. The van der Waals surface area contributed by atoms with Gasteiger partial charge in [-0.05, 0) is 19.1 Å². The van der Waals surface area contributed by atoms with Gasteiger partial charge in [0.25, 0.3) is 0 Å². The lowest BCUT2D eigenvalue weighted by molar-refractivity contribution is 0.626. The fourth-order valence-electron chi connectivity index (χ4n) is 1.73. The van der Waals surface area contributed by atoms with Crippen molar-refractivity contribution in [1.82, 2.24) is 4.98 Å². The molecule has 0 aliphatic carbocycles. The van der Waals surface area contributed by atoms with Crippen LogP contribution in [0, 0.1) is 5.82 Å². The first-order valence-corrected chi connectivity index (χ1v) is 7.34. The van der Waals surface area contributed by atoms with Crippen molar-refractivity contribution >= 4 is 54.1 Å². The quantitative estimate of drug-likeness (QED) is 0.530. The zero-order chi connectivity index (χ0) is 14.9. The van der Waals surface area contributed by atoms with Crippen LogP contribution in [0.1, 0.15) is 17.7 Å². The number of hydrogen-bond acceptors (Lipinski definition) is 3. The third kappa shape index (κ3) is 3.22. The van der Waals surface area contributed by atoms with Crippen LogP contribution >= 0.6 is 35.0 Å². The Hall–Kier alpha value is -0.905. The maximum absolute atomic E-state index is 13.5. The zero-order valence-corrected chi connectivity index (χ0v) is 12.9. The van der Waals surface area contributed by atoms with Gasteiger partial charge in [0, 0.05) is 26.9 Å². The molecule has 0 spiro atoms. The fourth-order valence-corrected chi connectivity index (χ4v) is 3.68. The van der Waals surface area contributed by atoms with Gasteiger partial charge in [-0.3, -0.25) is 0 Å². The van der Waals surface area contributed by atoms with Crippen molar-refractivity contribution < 1.29 is 4.39 Å². The summed E-state index contributed by atoms with van der Waals surface area (Å²) < 4.78 is 13.5. The number of halogens is 3. The molecule has 0 aliphatic heterocycles. The Morgan fingerprint density at radius 3 is 2.80 bits per heavy atom. The summed E-state index contributed by atoms with van der Waals surface area (Å²) in [4.78, 5) is 4.68. The number of nitrogens with two attached hydrogens (primary N) is 1. The van der Waals surface area contributed by atoms with E-state index in [0.29, 0.717) is 26.8 Å². The van der Waals surface area contributed by atoms with Crippen molar-refractivity contribution in [3.8, 4) is 0 Å². The van der Waals surface area contributed by atoms with E-state index >= 15 is 0 Å². The number of nitrogen functional groups attached to an aromatic ring is 1. The Labute approximate surface area is 132 Å². The van der Waals surface area contributed by atoms with Crippen molar-refractivity contribution in [2.75, 3.05) is 5.73 Å².